The Bertz CT molecular complexity index is 471. The maximum absolute atomic E-state index is 12.0. The highest BCUT2D eigenvalue weighted by Crippen LogP contribution is 2.18. The molecule has 0 atom stereocenters. The predicted octanol–water partition coefficient (Wildman–Crippen LogP) is 2.37. The van der Waals surface area contributed by atoms with Gasteiger partial charge in [0.15, 0.2) is 0 Å². The Labute approximate surface area is 120 Å². The Hall–Kier alpha value is -1.55. The van der Waals surface area contributed by atoms with Crippen LogP contribution in [0, 0.1) is 5.92 Å². The third kappa shape index (κ3) is 3.73. The number of carbonyl (C=O) groups excluding carboxylic acids is 1. The normalized spacial score (nSPS) is 14.9. The van der Waals surface area contributed by atoms with E-state index in [0.29, 0.717) is 25.6 Å². The van der Waals surface area contributed by atoms with E-state index in [2.05, 4.69) is 6.07 Å². The molecule has 110 valence electrons. The highest BCUT2D eigenvalue weighted by molar-refractivity contribution is 5.67. The van der Waals surface area contributed by atoms with Gasteiger partial charge in [0.05, 0.1) is 13.2 Å². The molecule has 0 aliphatic carbocycles. The van der Waals surface area contributed by atoms with Gasteiger partial charge < -0.3 is 14.7 Å². The number of aliphatic hydroxyl groups is 1. The van der Waals surface area contributed by atoms with Gasteiger partial charge in [0.25, 0.3) is 0 Å². The predicted molar refractivity (Wildman–Crippen MR) is 77.5 cm³/mol. The van der Waals surface area contributed by atoms with Crippen LogP contribution in [-0.4, -0.2) is 35.8 Å². The number of rotatable bonds is 3. The summed E-state index contributed by atoms with van der Waals surface area (Å²) >= 11 is 0. The summed E-state index contributed by atoms with van der Waals surface area (Å²) in [6.45, 7) is 5.97. The number of ether oxygens (including phenoxy) is 1. The van der Waals surface area contributed by atoms with Gasteiger partial charge in [-0.3, -0.25) is 0 Å². The molecule has 1 N–H and O–H groups in total. The van der Waals surface area contributed by atoms with Crippen molar-refractivity contribution in [3.05, 3.63) is 34.9 Å². The summed E-state index contributed by atoms with van der Waals surface area (Å²) in [6, 6.07) is 6.05. The van der Waals surface area contributed by atoms with Crippen LogP contribution in [0.3, 0.4) is 0 Å². The number of nitrogens with zero attached hydrogens (tertiary/aromatic N) is 1. The van der Waals surface area contributed by atoms with Crippen molar-refractivity contribution in [3.8, 4) is 0 Å². The Morgan fingerprint density at radius 3 is 2.65 bits per heavy atom. The number of fused-ring (bicyclic) bond motifs is 1. The average Bonchev–Trinajstić information content (AvgIpc) is 2.66. The molecule has 1 aromatic rings. The zero-order valence-corrected chi connectivity index (χ0v) is 12.3. The summed E-state index contributed by atoms with van der Waals surface area (Å²) in [5.41, 5.74) is 3.43. The van der Waals surface area contributed by atoms with Crippen molar-refractivity contribution >= 4 is 6.09 Å². The summed E-state index contributed by atoms with van der Waals surface area (Å²) in [5, 5.41) is 9.19. The number of hydrogen-bond donors (Lipinski definition) is 1. The molecule has 4 heteroatoms. The van der Waals surface area contributed by atoms with Gasteiger partial charge in [-0.1, -0.05) is 32.0 Å². The Morgan fingerprint density at radius 2 is 2.00 bits per heavy atom. The summed E-state index contributed by atoms with van der Waals surface area (Å²) in [6.07, 6.45) is 1.45. The van der Waals surface area contributed by atoms with Crippen LogP contribution in [0.1, 0.15) is 30.5 Å². The molecule has 1 aliphatic heterocycles. The minimum absolute atomic E-state index is 0.0629. The molecular weight excluding hydrogens is 254 g/mol. The maximum atomic E-state index is 12.0. The Morgan fingerprint density at radius 1 is 1.30 bits per heavy atom. The summed E-state index contributed by atoms with van der Waals surface area (Å²) in [4.78, 5) is 13.8. The zero-order chi connectivity index (χ0) is 14.5. The van der Waals surface area contributed by atoms with E-state index in [1.54, 1.807) is 4.90 Å². The third-order valence-corrected chi connectivity index (χ3v) is 3.55. The van der Waals surface area contributed by atoms with E-state index in [9.17, 15) is 9.90 Å². The van der Waals surface area contributed by atoms with Gasteiger partial charge in [-0.2, -0.15) is 0 Å². The van der Waals surface area contributed by atoms with Crippen LogP contribution in [0.25, 0.3) is 0 Å². The highest BCUT2D eigenvalue weighted by Gasteiger charge is 2.19. The second-order valence-electron chi connectivity index (χ2n) is 5.72. The standard InChI is InChI=1S/C16H23NO3/c1-12(2)11-20-16(19)17-7-5-14-4-3-13(10-18)9-15(14)6-8-17/h3-4,9,12,18H,5-8,10-11H2,1-2H3. The van der Waals surface area contributed by atoms with Gasteiger partial charge in [-0.15, -0.1) is 0 Å². The Kier molecular flexibility index (Phi) is 5.01. The van der Waals surface area contributed by atoms with Crippen molar-refractivity contribution in [3.63, 3.8) is 0 Å². The first-order valence-electron chi connectivity index (χ1n) is 7.23. The molecule has 0 unspecified atom stereocenters. The first-order valence-corrected chi connectivity index (χ1v) is 7.23. The molecule has 1 amide bonds. The quantitative estimate of drug-likeness (QED) is 0.922. The van der Waals surface area contributed by atoms with E-state index in [1.807, 2.05) is 26.0 Å². The second kappa shape index (κ2) is 6.75. The molecular formula is C16H23NO3. The van der Waals surface area contributed by atoms with E-state index in [4.69, 9.17) is 4.74 Å². The van der Waals surface area contributed by atoms with Gasteiger partial charge in [0.1, 0.15) is 0 Å². The third-order valence-electron chi connectivity index (χ3n) is 3.55. The first kappa shape index (κ1) is 14.9. The largest absolute Gasteiger partial charge is 0.449 e. The molecule has 0 aromatic heterocycles. The second-order valence-corrected chi connectivity index (χ2v) is 5.72. The van der Waals surface area contributed by atoms with Gasteiger partial charge in [-0.25, -0.2) is 4.79 Å². The zero-order valence-electron chi connectivity index (χ0n) is 12.3. The molecule has 0 bridgehead atoms. The van der Waals surface area contributed by atoms with Crippen LogP contribution in [-0.2, 0) is 24.2 Å². The molecule has 0 radical (unpaired) electrons. The van der Waals surface area contributed by atoms with E-state index in [-0.39, 0.29) is 12.7 Å². The lowest BCUT2D eigenvalue weighted by atomic mass is 10.0. The molecule has 20 heavy (non-hydrogen) atoms. The van der Waals surface area contributed by atoms with Crippen molar-refractivity contribution in [2.75, 3.05) is 19.7 Å². The van der Waals surface area contributed by atoms with E-state index in [1.165, 1.54) is 11.1 Å². The van der Waals surface area contributed by atoms with Crippen LogP contribution in [0.2, 0.25) is 0 Å². The van der Waals surface area contributed by atoms with E-state index in [0.717, 1.165) is 18.4 Å². The van der Waals surface area contributed by atoms with Crippen molar-refractivity contribution in [1.29, 1.82) is 0 Å². The number of carbonyl (C=O) groups is 1. The molecule has 0 fully saturated rings. The lowest BCUT2D eigenvalue weighted by Gasteiger charge is -2.20. The fourth-order valence-electron chi connectivity index (χ4n) is 2.39. The van der Waals surface area contributed by atoms with Crippen molar-refractivity contribution in [2.24, 2.45) is 5.92 Å². The topological polar surface area (TPSA) is 49.8 Å². The highest BCUT2D eigenvalue weighted by atomic mass is 16.6. The molecule has 1 aliphatic rings. The average molecular weight is 277 g/mol. The van der Waals surface area contributed by atoms with Gasteiger partial charge in [-0.05, 0) is 35.4 Å². The fraction of sp³-hybridized carbons (Fsp3) is 0.562. The van der Waals surface area contributed by atoms with E-state index < -0.39 is 0 Å². The SMILES string of the molecule is CC(C)COC(=O)N1CCc2ccc(CO)cc2CC1. The molecule has 2 rings (SSSR count). The van der Waals surface area contributed by atoms with Crippen molar-refractivity contribution in [1.82, 2.24) is 4.90 Å². The summed E-state index contributed by atoms with van der Waals surface area (Å²) in [5.74, 6) is 0.357. The van der Waals surface area contributed by atoms with Crippen LogP contribution < -0.4 is 0 Å². The molecule has 0 saturated heterocycles. The maximum Gasteiger partial charge on any atom is 0.409 e. The summed E-state index contributed by atoms with van der Waals surface area (Å²) in [7, 11) is 0. The van der Waals surface area contributed by atoms with Gasteiger partial charge in [0, 0.05) is 13.1 Å². The van der Waals surface area contributed by atoms with Crippen LogP contribution >= 0.6 is 0 Å². The number of aliphatic hydroxyl groups excluding tert-OH is 1. The summed E-state index contributed by atoms with van der Waals surface area (Å²) < 4.78 is 5.29. The van der Waals surface area contributed by atoms with Crippen LogP contribution in [0.4, 0.5) is 4.79 Å². The number of benzene rings is 1. The molecule has 0 saturated carbocycles. The monoisotopic (exact) mass is 277 g/mol. The van der Waals surface area contributed by atoms with Gasteiger partial charge >= 0.3 is 6.09 Å². The molecule has 4 nitrogen and oxygen atoms in total. The molecule has 0 spiro atoms. The number of amides is 1. The van der Waals surface area contributed by atoms with Crippen LogP contribution in [0.5, 0.6) is 0 Å². The van der Waals surface area contributed by atoms with Crippen LogP contribution in [0.15, 0.2) is 18.2 Å². The van der Waals surface area contributed by atoms with E-state index >= 15 is 0 Å². The van der Waals surface area contributed by atoms with Crippen molar-refractivity contribution < 1.29 is 14.6 Å². The molecule has 1 aromatic carbocycles. The lowest BCUT2D eigenvalue weighted by molar-refractivity contribution is 0.0935. The smallest absolute Gasteiger partial charge is 0.409 e. The lowest BCUT2D eigenvalue weighted by Crippen LogP contribution is -2.34. The minimum atomic E-state index is -0.214. The number of hydrogen-bond acceptors (Lipinski definition) is 3. The van der Waals surface area contributed by atoms with Crippen molar-refractivity contribution in [2.45, 2.75) is 33.3 Å². The minimum Gasteiger partial charge on any atom is -0.449 e. The molecule has 1 heterocycles. The van der Waals surface area contributed by atoms with Gasteiger partial charge in [0.2, 0.25) is 0 Å². The first-order chi connectivity index (χ1) is 9.60. The Balaban J connectivity index is 1.98. The fourth-order valence-corrected chi connectivity index (χ4v) is 2.39.